The number of hydrogen-bond acceptors (Lipinski definition) is 7. The third-order valence-corrected chi connectivity index (χ3v) is 6.90. The summed E-state index contributed by atoms with van der Waals surface area (Å²) in [4.78, 5) is 51.0. The molecule has 244 valence electrons. The zero-order valence-corrected chi connectivity index (χ0v) is 25.3. The van der Waals surface area contributed by atoms with Crippen LogP contribution in [0.5, 0.6) is 11.5 Å². The van der Waals surface area contributed by atoms with Crippen LogP contribution in [-0.4, -0.2) is 54.5 Å². The molecular formula is C34H30F3N3O7. The number of ether oxygens (including phenoxy) is 2. The second kappa shape index (κ2) is 15.0. The summed E-state index contributed by atoms with van der Waals surface area (Å²) in [5, 5.41) is 14.9. The molecule has 2 amide bonds. The quantitative estimate of drug-likeness (QED) is 0.128. The van der Waals surface area contributed by atoms with Crippen molar-refractivity contribution in [2.24, 2.45) is 0 Å². The maximum atomic E-state index is 13.5. The van der Waals surface area contributed by atoms with Gasteiger partial charge in [0.25, 0.3) is 5.91 Å². The smallest absolute Gasteiger partial charge is 0.416 e. The SMILES string of the molecule is CNc1cccc(C(=O)Oc2ccc(CN(CC(=O)O)C(=O)c3ccc(NC(=O)Cc4ccc(OC)cc4C(F)(F)F)cc3)cc2)c1. The summed E-state index contributed by atoms with van der Waals surface area (Å²) in [7, 11) is 2.96. The number of carboxylic acids is 1. The minimum atomic E-state index is -4.69. The van der Waals surface area contributed by atoms with Gasteiger partial charge in [-0.3, -0.25) is 14.4 Å². The van der Waals surface area contributed by atoms with Crippen LogP contribution in [-0.2, 0) is 28.7 Å². The third-order valence-electron chi connectivity index (χ3n) is 6.90. The highest BCUT2D eigenvalue weighted by atomic mass is 19.4. The van der Waals surface area contributed by atoms with E-state index in [1.54, 1.807) is 43.4 Å². The van der Waals surface area contributed by atoms with Crippen LogP contribution in [0.4, 0.5) is 24.5 Å². The van der Waals surface area contributed by atoms with E-state index in [0.717, 1.165) is 16.7 Å². The van der Waals surface area contributed by atoms with Crippen molar-refractivity contribution in [3.8, 4) is 11.5 Å². The monoisotopic (exact) mass is 649 g/mol. The standard InChI is InChI=1S/C34H30F3N3O7/c1-38-26-5-3-4-24(16-26)33(45)47-27-13-6-21(7-14-27)19-40(20-31(42)43)32(44)22-8-11-25(12-9-22)39-30(41)17-23-10-15-28(46-2)18-29(23)34(35,36)37/h3-16,18,38H,17,19-20H2,1-2H3,(H,39,41)(H,42,43). The van der Waals surface area contributed by atoms with E-state index >= 15 is 0 Å². The van der Waals surface area contributed by atoms with Crippen LogP contribution in [0.25, 0.3) is 0 Å². The van der Waals surface area contributed by atoms with Gasteiger partial charge >= 0.3 is 18.1 Å². The maximum Gasteiger partial charge on any atom is 0.416 e. The van der Waals surface area contributed by atoms with E-state index in [1.807, 2.05) is 0 Å². The minimum absolute atomic E-state index is 0.00331. The van der Waals surface area contributed by atoms with E-state index in [4.69, 9.17) is 9.47 Å². The summed E-state index contributed by atoms with van der Waals surface area (Å²) in [6.45, 7) is -0.690. The Morgan fingerprint density at radius 1 is 0.830 bits per heavy atom. The molecule has 0 saturated carbocycles. The number of esters is 1. The number of nitrogens with zero attached hydrogens (tertiary/aromatic N) is 1. The van der Waals surface area contributed by atoms with Gasteiger partial charge in [0.05, 0.1) is 24.7 Å². The molecule has 0 fully saturated rings. The molecule has 0 aliphatic carbocycles. The third kappa shape index (κ3) is 9.33. The van der Waals surface area contributed by atoms with Gasteiger partial charge in [0.15, 0.2) is 0 Å². The zero-order chi connectivity index (χ0) is 34.1. The topological polar surface area (TPSA) is 134 Å². The lowest BCUT2D eigenvalue weighted by molar-refractivity contribution is -0.139. The van der Waals surface area contributed by atoms with E-state index in [9.17, 15) is 37.5 Å². The molecule has 0 aromatic heterocycles. The predicted molar refractivity (Wildman–Crippen MR) is 167 cm³/mol. The Hall–Kier alpha value is -5.85. The van der Waals surface area contributed by atoms with Gasteiger partial charge in [-0.25, -0.2) is 4.79 Å². The number of carbonyl (C=O) groups is 4. The van der Waals surface area contributed by atoms with Crippen molar-refractivity contribution in [1.82, 2.24) is 4.90 Å². The fraction of sp³-hybridized carbons (Fsp3) is 0.176. The highest BCUT2D eigenvalue weighted by Gasteiger charge is 2.34. The number of rotatable bonds is 12. The zero-order valence-electron chi connectivity index (χ0n) is 25.3. The average Bonchev–Trinajstić information content (AvgIpc) is 3.04. The number of alkyl halides is 3. The first-order valence-electron chi connectivity index (χ1n) is 14.1. The average molecular weight is 650 g/mol. The lowest BCUT2D eigenvalue weighted by atomic mass is 10.0. The summed E-state index contributed by atoms with van der Waals surface area (Å²) in [5.41, 5.74) is 0.768. The molecule has 0 unspecified atom stereocenters. The van der Waals surface area contributed by atoms with Crippen LogP contribution in [0.2, 0.25) is 0 Å². The summed E-state index contributed by atoms with van der Waals surface area (Å²) in [6, 6.07) is 21.8. The molecule has 0 bridgehead atoms. The number of benzene rings is 4. The van der Waals surface area contributed by atoms with Gasteiger partial charge < -0.3 is 30.1 Å². The summed E-state index contributed by atoms with van der Waals surface area (Å²) in [5.74, 6) is -2.88. The molecule has 0 atom stereocenters. The Bertz CT molecular complexity index is 1760. The Morgan fingerprint density at radius 3 is 2.13 bits per heavy atom. The van der Waals surface area contributed by atoms with Crippen molar-refractivity contribution in [1.29, 1.82) is 0 Å². The largest absolute Gasteiger partial charge is 0.497 e. The highest BCUT2D eigenvalue weighted by molar-refractivity contribution is 5.97. The van der Waals surface area contributed by atoms with E-state index in [-0.39, 0.29) is 34.9 Å². The van der Waals surface area contributed by atoms with Crippen LogP contribution in [0, 0.1) is 0 Å². The van der Waals surface area contributed by atoms with Gasteiger partial charge in [0.1, 0.15) is 18.0 Å². The number of hydrogen-bond donors (Lipinski definition) is 3. The van der Waals surface area contributed by atoms with E-state index < -0.39 is 48.5 Å². The molecule has 4 aromatic rings. The molecule has 47 heavy (non-hydrogen) atoms. The van der Waals surface area contributed by atoms with Crippen LogP contribution in [0.3, 0.4) is 0 Å². The number of aliphatic carboxylic acids is 1. The number of halogens is 3. The Balaban J connectivity index is 1.40. The molecule has 0 aliphatic rings. The number of nitrogens with one attached hydrogen (secondary N) is 2. The molecule has 0 heterocycles. The van der Waals surface area contributed by atoms with Gasteiger partial charge in [-0.15, -0.1) is 0 Å². The van der Waals surface area contributed by atoms with Crippen LogP contribution >= 0.6 is 0 Å². The first kappa shape index (κ1) is 34.0. The normalized spacial score (nSPS) is 10.9. The second-order valence-electron chi connectivity index (χ2n) is 10.2. The van der Waals surface area contributed by atoms with E-state index in [0.29, 0.717) is 11.1 Å². The lowest BCUT2D eigenvalue weighted by Crippen LogP contribution is -2.35. The molecule has 0 radical (unpaired) electrons. The summed E-state index contributed by atoms with van der Waals surface area (Å²) >= 11 is 0. The Labute approximate surface area is 267 Å². The highest BCUT2D eigenvalue weighted by Crippen LogP contribution is 2.34. The van der Waals surface area contributed by atoms with E-state index in [2.05, 4.69) is 10.6 Å². The molecular weight excluding hydrogens is 619 g/mol. The number of methoxy groups -OCH3 is 1. The Kier molecular flexibility index (Phi) is 10.8. The second-order valence-corrected chi connectivity index (χ2v) is 10.2. The number of anilines is 2. The van der Waals surface area contributed by atoms with Gasteiger partial charge in [0, 0.05) is 30.5 Å². The fourth-order valence-corrected chi connectivity index (χ4v) is 4.57. The number of amides is 2. The minimum Gasteiger partial charge on any atom is -0.497 e. The van der Waals surface area contributed by atoms with Crippen LogP contribution < -0.4 is 20.1 Å². The lowest BCUT2D eigenvalue weighted by Gasteiger charge is -2.21. The van der Waals surface area contributed by atoms with Crippen molar-refractivity contribution in [2.75, 3.05) is 31.3 Å². The molecule has 4 aromatic carbocycles. The van der Waals surface area contributed by atoms with Crippen LogP contribution in [0.15, 0.2) is 91.0 Å². The molecule has 13 heteroatoms. The van der Waals surface area contributed by atoms with Crippen molar-refractivity contribution in [3.05, 3.63) is 119 Å². The van der Waals surface area contributed by atoms with Gasteiger partial charge in [0.2, 0.25) is 5.91 Å². The van der Waals surface area contributed by atoms with Crippen molar-refractivity contribution < 1.29 is 46.9 Å². The van der Waals surface area contributed by atoms with Gasteiger partial charge in [-0.2, -0.15) is 13.2 Å². The van der Waals surface area contributed by atoms with Crippen LogP contribution in [0.1, 0.15) is 37.4 Å². The summed E-state index contributed by atoms with van der Waals surface area (Å²) in [6.07, 6.45) is -5.25. The molecule has 0 spiro atoms. The molecule has 4 rings (SSSR count). The number of carboxylic acid groups (broad SMARTS) is 1. The van der Waals surface area contributed by atoms with Crippen molar-refractivity contribution in [2.45, 2.75) is 19.1 Å². The summed E-state index contributed by atoms with van der Waals surface area (Å²) < 4.78 is 50.8. The Morgan fingerprint density at radius 2 is 1.51 bits per heavy atom. The van der Waals surface area contributed by atoms with Gasteiger partial charge in [-0.1, -0.05) is 24.3 Å². The van der Waals surface area contributed by atoms with Crippen molar-refractivity contribution >= 4 is 35.1 Å². The molecule has 3 N–H and O–H groups in total. The number of carbonyl (C=O) groups excluding carboxylic acids is 3. The van der Waals surface area contributed by atoms with Gasteiger partial charge in [-0.05, 0) is 77.9 Å². The molecule has 0 aliphatic heterocycles. The predicted octanol–water partition coefficient (Wildman–Crippen LogP) is 5.88. The molecule has 0 saturated heterocycles. The first-order valence-corrected chi connectivity index (χ1v) is 14.1. The van der Waals surface area contributed by atoms with E-state index in [1.165, 1.54) is 55.6 Å². The fourth-order valence-electron chi connectivity index (χ4n) is 4.57. The van der Waals surface area contributed by atoms with Crippen molar-refractivity contribution in [3.63, 3.8) is 0 Å². The maximum absolute atomic E-state index is 13.5. The molecule has 10 nitrogen and oxygen atoms in total. The first-order chi connectivity index (χ1) is 22.4.